The van der Waals surface area contributed by atoms with Crippen molar-refractivity contribution in [2.75, 3.05) is 26.4 Å². The highest BCUT2D eigenvalue weighted by molar-refractivity contribution is 5.87. The van der Waals surface area contributed by atoms with Crippen LogP contribution in [0.1, 0.15) is 11.1 Å². The maximum atomic E-state index is 10.5. The van der Waals surface area contributed by atoms with Crippen LogP contribution in [0, 0.1) is 0 Å². The Balaban J connectivity index is 0.000000234. The molecule has 4 heteroatoms. The molecule has 2 atom stereocenters. The first-order chi connectivity index (χ1) is 17.3. The second-order valence-corrected chi connectivity index (χ2v) is 8.87. The number of hydrogen-bond acceptors (Lipinski definition) is 4. The van der Waals surface area contributed by atoms with Gasteiger partial charge >= 0.3 is 0 Å². The molecule has 35 heavy (non-hydrogen) atoms. The molecule has 2 aliphatic heterocycles. The van der Waals surface area contributed by atoms with E-state index in [1.807, 2.05) is 42.5 Å². The van der Waals surface area contributed by atoms with Crippen molar-refractivity contribution in [3.63, 3.8) is 0 Å². The molecule has 2 aliphatic rings. The van der Waals surface area contributed by atoms with Crippen molar-refractivity contribution in [3.05, 3.63) is 114 Å². The van der Waals surface area contributed by atoms with Gasteiger partial charge in [0.25, 0.3) is 0 Å². The number of phenols is 1. The van der Waals surface area contributed by atoms with E-state index in [9.17, 15) is 5.11 Å². The molecule has 0 radical (unpaired) electrons. The quantitative estimate of drug-likeness (QED) is 0.318. The summed E-state index contributed by atoms with van der Waals surface area (Å²) in [4.78, 5) is 0. The van der Waals surface area contributed by atoms with Gasteiger partial charge in [0.1, 0.15) is 18.0 Å². The Morgan fingerprint density at radius 2 is 1.20 bits per heavy atom. The van der Waals surface area contributed by atoms with Crippen LogP contribution in [0.2, 0.25) is 0 Å². The molecule has 2 saturated heterocycles. The average molecular weight is 467 g/mol. The van der Waals surface area contributed by atoms with Crippen LogP contribution in [0.25, 0.3) is 22.3 Å². The summed E-state index contributed by atoms with van der Waals surface area (Å²) < 4.78 is 15.1. The highest BCUT2D eigenvalue weighted by Gasteiger charge is 2.26. The van der Waals surface area contributed by atoms with E-state index >= 15 is 0 Å². The molecule has 1 N–H and O–H groups in total. The summed E-state index contributed by atoms with van der Waals surface area (Å²) in [5, 5.41) is 10.5. The molecule has 0 spiro atoms. The number of epoxide rings is 2. The van der Waals surface area contributed by atoms with Crippen molar-refractivity contribution < 1.29 is 19.3 Å². The predicted octanol–water partition coefficient (Wildman–Crippen LogP) is 6.12. The largest absolute Gasteiger partial charge is 0.507 e. The zero-order chi connectivity index (χ0) is 23.9. The number of benzene rings is 4. The summed E-state index contributed by atoms with van der Waals surface area (Å²) in [6, 6.07) is 34.8. The van der Waals surface area contributed by atoms with Crippen LogP contribution in [0.4, 0.5) is 0 Å². The number of hydrogen-bond donors (Lipinski definition) is 1. The summed E-state index contributed by atoms with van der Waals surface area (Å²) in [6.45, 7) is 3.26. The Morgan fingerprint density at radius 3 is 1.80 bits per heavy atom. The Bertz CT molecular complexity index is 1190. The Morgan fingerprint density at radius 1 is 0.629 bits per heavy atom. The molecule has 2 unspecified atom stereocenters. The normalized spacial score (nSPS) is 17.8. The summed E-state index contributed by atoms with van der Waals surface area (Å²) in [5.74, 6) is 0.307. The lowest BCUT2D eigenvalue weighted by molar-refractivity contribution is 0.102. The average Bonchev–Trinajstić information content (AvgIpc) is 3.83. The van der Waals surface area contributed by atoms with Crippen LogP contribution in [-0.4, -0.2) is 43.7 Å². The predicted molar refractivity (Wildman–Crippen MR) is 139 cm³/mol. The molecule has 0 amide bonds. The van der Waals surface area contributed by atoms with Crippen LogP contribution in [0.3, 0.4) is 0 Å². The molecule has 4 nitrogen and oxygen atoms in total. The van der Waals surface area contributed by atoms with Gasteiger partial charge in [0, 0.05) is 5.56 Å². The molecule has 2 fully saturated rings. The zero-order valence-electron chi connectivity index (χ0n) is 19.7. The number of rotatable bonds is 8. The molecular weight excluding hydrogens is 436 g/mol. The third-order valence-electron chi connectivity index (χ3n) is 6.03. The summed E-state index contributed by atoms with van der Waals surface area (Å²) in [6.07, 6.45) is 1.71. The molecule has 2 heterocycles. The minimum Gasteiger partial charge on any atom is -0.507 e. The van der Waals surface area contributed by atoms with Crippen molar-refractivity contribution in [1.82, 2.24) is 0 Å². The third-order valence-corrected chi connectivity index (χ3v) is 6.03. The second kappa shape index (κ2) is 11.3. The molecule has 0 aromatic heterocycles. The van der Waals surface area contributed by atoms with Crippen molar-refractivity contribution in [2.24, 2.45) is 0 Å². The van der Waals surface area contributed by atoms with E-state index in [1.54, 1.807) is 6.07 Å². The van der Waals surface area contributed by atoms with Crippen molar-refractivity contribution in [3.8, 4) is 28.0 Å². The smallest absolute Gasteiger partial charge is 0.124 e. The number of phenolic OH excluding ortho intramolecular Hbond substituents is 1. The molecule has 178 valence electrons. The van der Waals surface area contributed by atoms with Crippen molar-refractivity contribution >= 4 is 0 Å². The monoisotopic (exact) mass is 466 g/mol. The van der Waals surface area contributed by atoms with Gasteiger partial charge in [-0.2, -0.15) is 0 Å². The van der Waals surface area contributed by atoms with E-state index < -0.39 is 0 Å². The summed E-state index contributed by atoms with van der Waals surface area (Å²) in [7, 11) is 0. The Hall–Kier alpha value is -3.44. The van der Waals surface area contributed by atoms with E-state index in [0.717, 1.165) is 55.1 Å². The third kappa shape index (κ3) is 6.80. The second-order valence-electron chi connectivity index (χ2n) is 8.87. The maximum absolute atomic E-state index is 10.5. The van der Waals surface area contributed by atoms with E-state index in [2.05, 4.69) is 54.6 Å². The minimum atomic E-state index is 0.307. The molecule has 6 rings (SSSR count). The molecule has 0 saturated carbocycles. The lowest BCUT2D eigenvalue weighted by Gasteiger charge is -2.13. The molecule has 0 bridgehead atoms. The van der Waals surface area contributed by atoms with Crippen LogP contribution in [0.5, 0.6) is 5.75 Å². The van der Waals surface area contributed by atoms with Crippen LogP contribution in [0.15, 0.2) is 103 Å². The van der Waals surface area contributed by atoms with Gasteiger partial charge in [-0.05, 0) is 40.3 Å². The van der Waals surface area contributed by atoms with Crippen molar-refractivity contribution in [1.29, 1.82) is 0 Å². The van der Waals surface area contributed by atoms with E-state index in [0.29, 0.717) is 18.0 Å². The van der Waals surface area contributed by atoms with Gasteiger partial charge < -0.3 is 19.3 Å². The SMILES string of the molecule is C(OCC1CO1)C1CO1.Oc1cccc(-c2ccc(Cc3ccccc3)cc2)c1-c1ccccc1. The topological polar surface area (TPSA) is 54.5 Å². The lowest BCUT2D eigenvalue weighted by atomic mass is 9.93. The number of aromatic hydroxyl groups is 1. The van der Waals surface area contributed by atoms with E-state index in [-0.39, 0.29) is 0 Å². The van der Waals surface area contributed by atoms with Gasteiger partial charge in [0.2, 0.25) is 0 Å². The Kier molecular flexibility index (Phi) is 7.54. The minimum absolute atomic E-state index is 0.307. The number of ether oxygens (including phenoxy) is 3. The van der Waals surface area contributed by atoms with Gasteiger partial charge in [0.05, 0.1) is 26.4 Å². The molecule has 4 aromatic carbocycles. The van der Waals surface area contributed by atoms with Crippen LogP contribution in [-0.2, 0) is 20.6 Å². The first kappa shape index (κ1) is 23.3. The van der Waals surface area contributed by atoms with E-state index in [4.69, 9.17) is 14.2 Å². The zero-order valence-corrected chi connectivity index (χ0v) is 19.7. The Labute approximate surface area is 206 Å². The standard InChI is InChI=1S/C25H20O.C6H10O3/c26-24-13-7-12-23(25(24)22-10-5-2-6-11-22)21-16-14-20(15-17-21)18-19-8-3-1-4-9-19;1(5-3-8-5)7-2-6-4-9-6/h1-17,26H,18H2;5-6H,1-4H2. The fourth-order valence-electron chi connectivity index (χ4n) is 3.98. The highest BCUT2D eigenvalue weighted by atomic mass is 16.6. The van der Waals surface area contributed by atoms with Crippen molar-refractivity contribution in [2.45, 2.75) is 18.6 Å². The van der Waals surface area contributed by atoms with Crippen LogP contribution >= 0.6 is 0 Å². The highest BCUT2D eigenvalue weighted by Crippen LogP contribution is 2.38. The first-order valence-corrected chi connectivity index (χ1v) is 12.1. The fourth-order valence-corrected chi connectivity index (χ4v) is 3.98. The van der Waals surface area contributed by atoms with Gasteiger partial charge in [-0.15, -0.1) is 0 Å². The molecular formula is C31H30O4. The van der Waals surface area contributed by atoms with Gasteiger partial charge in [0.15, 0.2) is 0 Å². The summed E-state index contributed by atoms with van der Waals surface area (Å²) in [5.41, 5.74) is 6.64. The molecule has 4 aromatic rings. The van der Waals surface area contributed by atoms with Crippen LogP contribution < -0.4 is 0 Å². The van der Waals surface area contributed by atoms with Gasteiger partial charge in [-0.1, -0.05) is 97.1 Å². The molecule has 0 aliphatic carbocycles. The maximum Gasteiger partial charge on any atom is 0.124 e. The van der Waals surface area contributed by atoms with E-state index in [1.165, 1.54) is 11.1 Å². The summed E-state index contributed by atoms with van der Waals surface area (Å²) >= 11 is 0. The lowest BCUT2D eigenvalue weighted by Crippen LogP contribution is -2.06. The van der Waals surface area contributed by atoms with Gasteiger partial charge in [-0.3, -0.25) is 0 Å². The van der Waals surface area contributed by atoms with Gasteiger partial charge in [-0.25, -0.2) is 0 Å². The first-order valence-electron chi connectivity index (χ1n) is 12.1. The fraction of sp³-hybridized carbons (Fsp3) is 0.226.